The molecule has 1 unspecified atom stereocenters. The van der Waals surface area contributed by atoms with Crippen molar-refractivity contribution in [1.29, 1.82) is 0 Å². The van der Waals surface area contributed by atoms with Gasteiger partial charge in [-0.3, -0.25) is 9.59 Å². The number of carbonyl (C=O) groups is 2. The average Bonchev–Trinajstić information content (AvgIpc) is 3.09. The van der Waals surface area contributed by atoms with E-state index in [1.54, 1.807) is 29.2 Å². The van der Waals surface area contributed by atoms with E-state index in [0.29, 0.717) is 30.9 Å². The maximum Gasteiger partial charge on any atom is 0.295 e. The Morgan fingerprint density at radius 1 is 0.970 bits per heavy atom. The van der Waals surface area contributed by atoms with E-state index in [1.165, 1.54) is 0 Å². The maximum absolute atomic E-state index is 13.1. The van der Waals surface area contributed by atoms with Gasteiger partial charge in [0.25, 0.3) is 11.7 Å². The van der Waals surface area contributed by atoms with Crippen molar-refractivity contribution < 1.29 is 19.4 Å². The Labute approximate surface area is 206 Å². The number of aliphatic hydroxyl groups excluding tert-OH is 1. The van der Waals surface area contributed by atoms with Gasteiger partial charge in [0.1, 0.15) is 11.5 Å². The van der Waals surface area contributed by atoms with Crippen LogP contribution in [0, 0.1) is 3.57 Å². The number of aliphatic hydroxyl groups is 1. The molecule has 1 atom stereocenters. The Hall–Kier alpha value is -3.13. The summed E-state index contributed by atoms with van der Waals surface area (Å²) in [6.45, 7) is 2.79. The zero-order valence-electron chi connectivity index (χ0n) is 18.2. The van der Waals surface area contributed by atoms with E-state index in [9.17, 15) is 14.7 Å². The van der Waals surface area contributed by atoms with Crippen LogP contribution >= 0.6 is 22.6 Å². The minimum absolute atomic E-state index is 0.110. The van der Waals surface area contributed by atoms with Gasteiger partial charge in [0, 0.05) is 15.7 Å². The second-order valence-corrected chi connectivity index (χ2v) is 8.98. The summed E-state index contributed by atoms with van der Waals surface area (Å²) >= 11 is 2.21. The van der Waals surface area contributed by atoms with Gasteiger partial charge in [-0.2, -0.15) is 0 Å². The van der Waals surface area contributed by atoms with Crippen LogP contribution in [0.1, 0.15) is 29.7 Å². The number of carbonyl (C=O) groups excluding carboxylic acids is 2. The third-order valence-electron chi connectivity index (χ3n) is 5.65. The van der Waals surface area contributed by atoms with E-state index < -0.39 is 17.7 Å². The van der Waals surface area contributed by atoms with Gasteiger partial charge in [-0.1, -0.05) is 42.5 Å². The van der Waals surface area contributed by atoms with Crippen molar-refractivity contribution in [2.75, 3.05) is 13.2 Å². The van der Waals surface area contributed by atoms with Crippen molar-refractivity contribution in [2.45, 2.75) is 19.4 Å². The van der Waals surface area contributed by atoms with Crippen LogP contribution in [0.25, 0.3) is 5.76 Å². The molecule has 6 heteroatoms. The lowest BCUT2D eigenvalue weighted by Crippen LogP contribution is -2.31. The number of hydrogen-bond acceptors (Lipinski definition) is 4. The van der Waals surface area contributed by atoms with Gasteiger partial charge in [0.05, 0.1) is 18.2 Å². The molecule has 1 saturated heterocycles. The monoisotopic (exact) mass is 553 g/mol. The third kappa shape index (κ3) is 4.95. The van der Waals surface area contributed by atoms with Gasteiger partial charge in [0.2, 0.25) is 0 Å². The molecule has 1 amide bonds. The van der Waals surface area contributed by atoms with Crippen LogP contribution in [0.15, 0.2) is 84.4 Å². The summed E-state index contributed by atoms with van der Waals surface area (Å²) in [5.41, 5.74) is 2.44. The number of ether oxygens (including phenoxy) is 1. The number of rotatable bonds is 7. The van der Waals surface area contributed by atoms with Crippen molar-refractivity contribution in [3.8, 4) is 5.75 Å². The van der Waals surface area contributed by atoms with Gasteiger partial charge >= 0.3 is 0 Å². The standard InChI is InChI=1S/C27H24INO4/c1-2-33-22-14-10-20(11-15-22)25(30)23-24(19-8-12-21(28)13-9-19)29(27(32)26(23)31)17-16-18-6-4-3-5-7-18/h3-15,24,30H,2,16-17H2,1H3. The second kappa shape index (κ2) is 10.2. The van der Waals surface area contributed by atoms with Crippen LogP contribution in [0.5, 0.6) is 5.75 Å². The Morgan fingerprint density at radius 3 is 2.27 bits per heavy atom. The van der Waals surface area contributed by atoms with Gasteiger partial charge in [-0.25, -0.2) is 0 Å². The fourth-order valence-corrected chi connectivity index (χ4v) is 4.39. The summed E-state index contributed by atoms with van der Waals surface area (Å²) < 4.78 is 6.51. The molecule has 0 saturated carbocycles. The molecule has 1 N–H and O–H groups in total. The van der Waals surface area contributed by atoms with Crippen molar-refractivity contribution in [3.05, 3.63) is 105 Å². The molecule has 3 aromatic carbocycles. The highest BCUT2D eigenvalue weighted by Gasteiger charge is 2.45. The molecule has 1 heterocycles. The summed E-state index contributed by atoms with van der Waals surface area (Å²) in [5.74, 6) is -0.770. The highest BCUT2D eigenvalue weighted by Crippen LogP contribution is 2.39. The molecule has 0 spiro atoms. The third-order valence-corrected chi connectivity index (χ3v) is 6.37. The Balaban J connectivity index is 1.75. The van der Waals surface area contributed by atoms with E-state index in [4.69, 9.17) is 4.74 Å². The Morgan fingerprint density at radius 2 is 1.64 bits per heavy atom. The topological polar surface area (TPSA) is 66.8 Å². The molecule has 33 heavy (non-hydrogen) atoms. The molecule has 1 aliphatic heterocycles. The van der Waals surface area contributed by atoms with E-state index in [2.05, 4.69) is 22.6 Å². The molecular weight excluding hydrogens is 529 g/mol. The molecule has 1 fully saturated rings. The summed E-state index contributed by atoms with van der Waals surface area (Å²) in [6.07, 6.45) is 0.609. The van der Waals surface area contributed by atoms with Gasteiger partial charge < -0.3 is 14.7 Å². The number of nitrogens with zero attached hydrogens (tertiary/aromatic N) is 1. The summed E-state index contributed by atoms with van der Waals surface area (Å²) in [7, 11) is 0. The highest BCUT2D eigenvalue weighted by atomic mass is 127. The first-order chi connectivity index (χ1) is 16.0. The van der Waals surface area contributed by atoms with E-state index in [1.807, 2.05) is 61.5 Å². The quantitative estimate of drug-likeness (QED) is 0.185. The van der Waals surface area contributed by atoms with E-state index >= 15 is 0 Å². The molecule has 4 rings (SSSR count). The number of benzene rings is 3. The predicted octanol–water partition coefficient (Wildman–Crippen LogP) is 5.35. The molecule has 0 aromatic heterocycles. The Kier molecular flexibility index (Phi) is 7.13. The zero-order chi connectivity index (χ0) is 23.4. The molecule has 1 aliphatic rings. The first kappa shape index (κ1) is 23.0. The number of Topliss-reactive ketones (excluding diaryl/α,β-unsaturated/α-hetero) is 1. The first-order valence-electron chi connectivity index (χ1n) is 10.8. The van der Waals surface area contributed by atoms with Crippen molar-refractivity contribution in [2.24, 2.45) is 0 Å². The van der Waals surface area contributed by atoms with Gasteiger partial charge in [-0.05, 0) is 83.5 Å². The number of amides is 1. The number of likely N-dealkylation sites (tertiary alicyclic amines) is 1. The predicted molar refractivity (Wildman–Crippen MR) is 136 cm³/mol. The van der Waals surface area contributed by atoms with Crippen LogP contribution in [-0.4, -0.2) is 34.8 Å². The minimum atomic E-state index is -0.669. The normalized spacial score (nSPS) is 17.4. The minimum Gasteiger partial charge on any atom is -0.507 e. The van der Waals surface area contributed by atoms with Crippen molar-refractivity contribution in [3.63, 3.8) is 0 Å². The average molecular weight is 553 g/mol. The van der Waals surface area contributed by atoms with Crippen LogP contribution in [0.4, 0.5) is 0 Å². The van der Waals surface area contributed by atoms with E-state index in [0.717, 1.165) is 14.7 Å². The second-order valence-electron chi connectivity index (χ2n) is 7.74. The van der Waals surface area contributed by atoms with Crippen molar-refractivity contribution in [1.82, 2.24) is 4.90 Å². The number of ketones is 1. The number of halogens is 1. The fourth-order valence-electron chi connectivity index (χ4n) is 4.03. The molecule has 168 valence electrons. The molecule has 0 bridgehead atoms. The lowest BCUT2D eigenvalue weighted by Gasteiger charge is -2.25. The largest absolute Gasteiger partial charge is 0.507 e. The number of hydrogen-bond donors (Lipinski definition) is 1. The smallest absolute Gasteiger partial charge is 0.295 e. The fraction of sp³-hybridized carbons (Fsp3) is 0.185. The molecule has 3 aromatic rings. The SMILES string of the molecule is CCOc1ccc(C(O)=C2C(=O)C(=O)N(CCc3ccccc3)C2c2ccc(I)cc2)cc1. The molecular formula is C27H24INO4. The molecule has 0 aliphatic carbocycles. The zero-order valence-corrected chi connectivity index (χ0v) is 20.4. The lowest BCUT2D eigenvalue weighted by atomic mass is 9.95. The maximum atomic E-state index is 13.1. The van der Waals surface area contributed by atoms with Crippen LogP contribution < -0.4 is 4.74 Å². The van der Waals surface area contributed by atoms with Crippen LogP contribution in [0.3, 0.4) is 0 Å². The summed E-state index contributed by atoms with van der Waals surface area (Å²) in [6, 6.07) is 23.7. The van der Waals surface area contributed by atoms with Crippen LogP contribution in [-0.2, 0) is 16.0 Å². The molecule has 0 radical (unpaired) electrons. The highest BCUT2D eigenvalue weighted by molar-refractivity contribution is 14.1. The Bertz CT molecular complexity index is 1170. The first-order valence-corrected chi connectivity index (χ1v) is 11.9. The van der Waals surface area contributed by atoms with E-state index in [-0.39, 0.29) is 11.3 Å². The lowest BCUT2D eigenvalue weighted by molar-refractivity contribution is -0.139. The van der Waals surface area contributed by atoms with Crippen molar-refractivity contribution >= 4 is 40.0 Å². The van der Waals surface area contributed by atoms with Crippen LogP contribution in [0.2, 0.25) is 0 Å². The summed E-state index contributed by atoms with van der Waals surface area (Å²) in [4.78, 5) is 27.8. The van der Waals surface area contributed by atoms with Gasteiger partial charge in [0.15, 0.2) is 0 Å². The van der Waals surface area contributed by atoms with Gasteiger partial charge in [-0.15, -0.1) is 0 Å². The molecule has 5 nitrogen and oxygen atoms in total. The summed E-state index contributed by atoms with van der Waals surface area (Å²) in [5, 5.41) is 11.2.